The Kier molecular flexibility index (Phi) is 5.63. The summed E-state index contributed by atoms with van der Waals surface area (Å²) in [4.78, 5) is 23.5. The quantitative estimate of drug-likeness (QED) is 0.469. The number of para-hydroxylation sites is 2. The van der Waals surface area contributed by atoms with Gasteiger partial charge in [-0.1, -0.05) is 42.5 Å². The monoisotopic (exact) mass is 425 g/mol. The topological polar surface area (TPSA) is 58.2 Å². The zero-order valence-corrected chi connectivity index (χ0v) is 18.3. The average Bonchev–Trinajstić information content (AvgIpc) is 3.22. The van der Waals surface area contributed by atoms with Gasteiger partial charge in [-0.05, 0) is 49.6 Å². The van der Waals surface area contributed by atoms with Crippen LogP contribution in [-0.2, 0) is 17.6 Å². The number of amides is 1. The standard InChI is InChI=1S/C27H27N3O2/c1-2-32-24-13-6-4-11-22(24)27-26-21(20-10-3-5-12-23(20)29-26)16-18-30(27)25(31)15-14-19-9-7-8-17-28-19/h3-13,17,27,29H,2,14-16,18H2,1H3. The number of hydrogen-bond donors (Lipinski definition) is 1. The van der Waals surface area contributed by atoms with Crippen molar-refractivity contribution in [3.05, 3.63) is 95.4 Å². The van der Waals surface area contributed by atoms with Crippen molar-refractivity contribution in [1.82, 2.24) is 14.9 Å². The fraction of sp³-hybridized carbons (Fsp3) is 0.259. The molecule has 0 saturated carbocycles. The number of rotatable bonds is 6. The Hall–Kier alpha value is -3.60. The summed E-state index contributed by atoms with van der Waals surface area (Å²) in [5.74, 6) is 0.963. The number of hydrogen-bond acceptors (Lipinski definition) is 3. The Morgan fingerprint density at radius 1 is 1.09 bits per heavy atom. The number of ether oxygens (including phenoxy) is 1. The van der Waals surface area contributed by atoms with Gasteiger partial charge in [0, 0.05) is 47.0 Å². The minimum absolute atomic E-state index is 0.135. The van der Waals surface area contributed by atoms with Crippen LogP contribution in [0.15, 0.2) is 72.9 Å². The average molecular weight is 426 g/mol. The number of fused-ring (bicyclic) bond motifs is 3. The van der Waals surface area contributed by atoms with Gasteiger partial charge >= 0.3 is 0 Å². The minimum Gasteiger partial charge on any atom is -0.494 e. The number of aromatic amines is 1. The largest absolute Gasteiger partial charge is 0.494 e. The Balaban J connectivity index is 1.55. The van der Waals surface area contributed by atoms with Crippen molar-refractivity contribution in [3.63, 3.8) is 0 Å². The van der Waals surface area contributed by atoms with Crippen LogP contribution in [0.4, 0.5) is 0 Å². The van der Waals surface area contributed by atoms with E-state index < -0.39 is 0 Å². The fourth-order valence-electron chi connectivity index (χ4n) is 4.75. The molecule has 5 nitrogen and oxygen atoms in total. The van der Waals surface area contributed by atoms with Gasteiger partial charge in [-0.3, -0.25) is 9.78 Å². The minimum atomic E-state index is -0.204. The normalized spacial score (nSPS) is 15.5. The number of benzene rings is 2. The Labute approximate surface area is 188 Å². The highest BCUT2D eigenvalue weighted by atomic mass is 16.5. The van der Waals surface area contributed by atoms with Gasteiger partial charge in [-0.25, -0.2) is 0 Å². The summed E-state index contributed by atoms with van der Waals surface area (Å²) < 4.78 is 5.97. The van der Waals surface area contributed by atoms with Gasteiger partial charge in [-0.15, -0.1) is 0 Å². The molecule has 0 bridgehead atoms. The second-order valence-corrected chi connectivity index (χ2v) is 8.09. The molecule has 0 fully saturated rings. The molecule has 1 N–H and O–H groups in total. The lowest BCUT2D eigenvalue weighted by atomic mass is 9.91. The molecule has 2 aromatic carbocycles. The first-order valence-electron chi connectivity index (χ1n) is 11.3. The summed E-state index contributed by atoms with van der Waals surface area (Å²) in [7, 11) is 0. The van der Waals surface area contributed by atoms with Gasteiger partial charge < -0.3 is 14.6 Å². The third-order valence-corrected chi connectivity index (χ3v) is 6.19. The zero-order chi connectivity index (χ0) is 21.9. The van der Waals surface area contributed by atoms with E-state index >= 15 is 0 Å². The second-order valence-electron chi connectivity index (χ2n) is 8.09. The number of H-pyrrole nitrogens is 1. The number of aromatic nitrogens is 2. The molecule has 32 heavy (non-hydrogen) atoms. The number of aryl methyl sites for hydroxylation is 1. The highest BCUT2D eigenvalue weighted by Crippen LogP contribution is 2.41. The lowest BCUT2D eigenvalue weighted by Gasteiger charge is -2.37. The maximum Gasteiger partial charge on any atom is 0.223 e. The summed E-state index contributed by atoms with van der Waals surface area (Å²) in [5.41, 5.74) is 5.46. The van der Waals surface area contributed by atoms with Crippen LogP contribution in [0.1, 0.15) is 41.9 Å². The molecule has 162 valence electrons. The van der Waals surface area contributed by atoms with E-state index in [0.29, 0.717) is 26.0 Å². The van der Waals surface area contributed by atoms with Crippen LogP contribution in [-0.4, -0.2) is 33.9 Å². The number of nitrogens with zero attached hydrogens (tertiary/aromatic N) is 2. The molecule has 0 radical (unpaired) electrons. The Morgan fingerprint density at radius 2 is 1.91 bits per heavy atom. The second kappa shape index (κ2) is 8.87. The molecular formula is C27H27N3O2. The van der Waals surface area contributed by atoms with Crippen molar-refractivity contribution >= 4 is 16.8 Å². The van der Waals surface area contributed by atoms with Gasteiger partial charge in [0.1, 0.15) is 11.8 Å². The highest BCUT2D eigenvalue weighted by Gasteiger charge is 2.35. The number of pyridine rings is 1. The molecule has 2 aromatic heterocycles. The molecule has 5 heteroatoms. The molecule has 3 heterocycles. The summed E-state index contributed by atoms with van der Waals surface area (Å²) in [6.07, 6.45) is 3.68. The van der Waals surface area contributed by atoms with Crippen molar-refractivity contribution in [1.29, 1.82) is 0 Å². The van der Waals surface area contributed by atoms with Crippen LogP contribution in [0.2, 0.25) is 0 Å². The first-order chi connectivity index (χ1) is 15.8. The van der Waals surface area contributed by atoms with E-state index in [4.69, 9.17) is 4.74 Å². The molecule has 0 saturated heterocycles. The maximum absolute atomic E-state index is 13.5. The van der Waals surface area contributed by atoms with E-state index in [1.165, 1.54) is 10.9 Å². The number of carbonyl (C=O) groups is 1. The fourth-order valence-corrected chi connectivity index (χ4v) is 4.75. The van der Waals surface area contributed by atoms with Crippen LogP contribution in [0.5, 0.6) is 5.75 Å². The lowest BCUT2D eigenvalue weighted by molar-refractivity contribution is -0.133. The molecule has 1 unspecified atom stereocenters. The van der Waals surface area contributed by atoms with Crippen molar-refractivity contribution in [2.75, 3.05) is 13.2 Å². The molecule has 1 aliphatic heterocycles. The third-order valence-electron chi connectivity index (χ3n) is 6.19. The number of carbonyl (C=O) groups excluding carboxylic acids is 1. The van der Waals surface area contributed by atoms with Crippen LogP contribution < -0.4 is 4.74 Å². The molecule has 1 aliphatic rings. The van der Waals surface area contributed by atoms with Gasteiger partial charge in [-0.2, -0.15) is 0 Å². The first-order valence-corrected chi connectivity index (χ1v) is 11.3. The highest BCUT2D eigenvalue weighted by molar-refractivity contribution is 5.86. The van der Waals surface area contributed by atoms with Crippen LogP contribution in [0.3, 0.4) is 0 Å². The molecule has 0 aliphatic carbocycles. The number of nitrogens with one attached hydrogen (secondary N) is 1. The zero-order valence-electron chi connectivity index (χ0n) is 18.3. The third kappa shape index (κ3) is 3.75. The van der Waals surface area contributed by atoms with Gasteiger partial charge in [0.25, 0.3) is 0 Å². The van der Waals surface area contributed by atoms with E-state index in [9.17, 15) is 4.79 Å². The molecule has 4 aromatic rings. The predicted molar refractivity (Wildman–Crippen MR) is 126 cm³/mol. The summed E-state index contributed by atoms with van der Waals surface area (Å²) >= 11 is 0. The molecule has 0 spiro atoms. The van der Waals surface area contributed by atoms with Gasteiger partial charge in [0.15, 0.2) is 0 Å². The molecule has 1 atom stereocenters. The van der Waals surface area contributed by atoms with Crippen molar-refractivity contribution in [2.24, 2.45) is 0 Å². The van der Waals surface area contributed by atoms with Crippen LogP contribution in [0.25, 0.3) is 10.9 Å². The van der Waals surface area contributed by atoms with Crippen LogP contribution >= 0.6 is 0 Å². The Bertz CT molecular complexity index is 1230. The van der Waals surface area contributed by atoms with Crippen LogP contribution in [0, 0.1) is 0 Å². The first kappa shape index (κ1) is 20.3. The summed E-state index contributed by atoms with van der Waals surface area (Å²) in [5, 5.41) is 1.24. The summed E-state index contributed by atoms with van der Waals surface area (Å²) in [6.45, 7) is 3.25. The predicted octanol–water partition coefficient (Wildman–Crippen LogP) is 5.07. The van der Waals surface area contributed by atoms with Gasteiger partial charge in [0.2, 0.25) is 5.91 Å². The molecule has 1 amide bonds. The smallest absolute Gasteiger partial charge is 0.223 e. The molecule has 5 rings (SSSR count). The van der Waals surface area contributed by atoms with E-state index in [2.05, 4.69) is 34.2 Å². The maximum atomic E-state index is 13.5. The van der Waals surface area contributed by atoms with Gasteiger partial charge in [0.05, 0.1) is 6.61 Å². The Morgan fingerprint density at radius 3 is 2.75 bits per heavy atom. The van der Waals surface area contributed by atoms with Crippen molar-refractivity contribution in [3.8, 4) is 5.75 Å². The SMILES string of the molecule is CCOc1ccccc1C1c2[nH]c3ccccc3c2CCN1C(=O)CCc1ccccn1. The van der Waals surface area contributed by atoms with E-state index in [1.807, 2.05) is 54.3 Å². The lowest BCUT2D eigenvalue weighted by Crippen LogP contribution is -2.41. The van der Waals surface area contributed by atoms with Crippen molar-refractivity contribution in [2.45, 2.75) is 32.2 Å². The van der Waals surface area contributed by atoms with Crippen molar-refractivity contribution < 1.29 is 9.53 Å². The van der Waals surface area contributed by atoms with E-state index in [1.54, 1.807) is 6.20 Å². The van der Waals surface area contributed by atoms with E-state index in [0.717, 1.165) is 34.6 Å². The summed E-state index contributed by atoms with van der Waals surface area (Å²) in [6, 6.07) is 22.1. The molecular weight excluding hydrogens is 398 g/mol. The van der Waals surface area contributed by atoms with E-state index in [-0.39, 0.29) is 11.9 Å².